The molecule has 2 bridgehead atoms. The van der Waals surface area contributed by atoms with Crippen molar-refractivity contribution in [2.75, 3.05) is 32.4 Å². The second-order valence-corrected chi connectivity index (χ2v) is 6.13. The zero-order valence-corrected chi connectivity index (χ0v) is 11.9. The van der Waals surface area contributed by atoms with Crippen molar-refractivity contribution in [1.82, 2.24) is 9.80 Å². The van der Waals surface area contributed by atoms with Crippen molar-refractivity contribution in [1.29, 1.82) is 0 Å². The van der Waals surface area contributed by atoms with Gasteiger partial charge in [0.15, 0.2) is 0 Å². The number of benzene rings is 1. The molecule has 3 rings (SSSR count). The third-order valence-corrected chi connectivity index (χ3v) is 4.90. The van der Waals surface area contributed by atoms with Gasteiger partial charge in [0.05, 0.1) is 0 Å². The van der Waals surface area contributed by atoms with E-state index in [1.165, 1.54) is 44.5 Å². The monoisotopic (exact) mass is 259 g/mol. The summed E-state index contributed by atoms with van der Waals surface area (Å²) in [6.07, 6.45) is 5.25. The van der Waals surface area contributed by atoms with E-state index in [-0.39, 0.29) is 0 Å². The average molecular weight is 259 g/mol. The van der Waals surface area contributed by atoms with Gasteiger partial charge in [-0.15, -0.1) is 0 Å². The van der Waals surface area contributed by atoms with Crippen LogP contribution < -0.4 is 5.73 Å². The molecule has 3 nitrogen and oxygen atoms in total. The molecule has 3 heteroatoms. The van der Waals surface area contributed by atoms with Crippen LogP contribution in [-0.4, -0.2) is 48.6 Å². The van der Waals surface area contributed by atoms with Crippen LogP contribution in [-0.2, 0) is 6.42 Å². The van der Waals surface area contributed by atoms with Gasteiger partial charge in [0.25, 0.3) is 0 Å². The maximum absolute atomic E-state index is 5.84. The smallest absolute Gasteiger partial charge is 0.0316 e. The Morgan fingerprint density at radius 1 is 1.21 bits per heavy atom. The van der Waals surface area contributed by atoms with Crippen molar-refractivity contribution in [3.8, 4) is 0 Å². The van der Waals surface area contributed by atoms with E-state index in [1.807, 2.05) is 6.07 Å². The molecule has 2 saturated heterocycles. The molecular formula is C16H25N3. The lowest BCUT2D eigenvalue weighted by atomic mass is 10.1. The van der Waals surface area contributed by atoms with Crippen LogP contribution in [0, 0.1) is 0 Å². The van der Waals surface area contributed by atoms with Crippen LogP contribution in [0.5, 0.6) is 0 Å². The molecule has 1 aromatic rings. The molecule has 2 fully saturated rings. The summed E-state index contributed by atoms with van der Waals surface area (Å²) in [5.74, 6) is 0. The van der Waals surface area contributed by atoms with Crippen molar-refractivity contribution in [3.05, 3.63) is 29.8 Å². The van der Waals surface area contributed by atoms with Gasteiger partial charge < -0.3 is 10.6 Å². The summed E-state index contributed by atoms with van der Waals surface area (Å²) in [6.45, 7) is 3.67. The fourth-order valence-electron chi connectivity index (χ4n) is 3.62. The van der Waals surface area contributed by atoms with Gasteiger partial charge in [-0.3, -0.25) is 4.90 Å². The van der Waals surface area contributed by atoms with Crippen LogP contribution in [0.25, 0.3) is 0 Å². The zero-order chi connectivity index (χ0) is 13.2. The number of hydrogen-bond donors (Lipinski definition) is 1. The minimum Gasteiger partial charge on any atom is -0.399 e. The first-order valence-corrected chi connectivity index (χ1v) is 7.51. The molecule has 2 aliphatic rings. The van der Waals surface area contributed by atoms with Gasteiger partial charge in [0.2, 0.25) is 0 Å². The maximum Gasteiger partial charge on any atom is 0.0316 e. The number of nitrogen functional groups attached to an aromatic ring is 1. The highest BCUT2D eigenvalue weighted by atomic mass is 15.3. The standard InChI is InChI=1S/C16H25N3/c1-18-15-5-6-16(18)12-19(10-8-15)9-7-13-3-2-4-14(17)11-13/h2-4,11,15-16H,5-10,12,17H2,1H3. The van der Waals surface area contributed by atoms with Crippen LogP contribution in [0.1, 0.15) is 24.8 Å². The molecule has 2 N–H and O–H groups in total. The first-order chi connectivity index (χ1) is 9.22. The van der Waals surface area contributed by atoms with Crippen molar-refractivity contribution in [3.63, 3.8) is 0 Å². The molecular weight excluding hydrogens is 234 g/mol. The molecule has 2 atom stereocenters. The third-order valence-electron chi connectivity index (χ3n) is 4.90. The third kappa shape index (κ3) is 2.93. The van der Waals surface area contributed by atoms with Crippen molar-refractivity contribution >= 4 is 5.69 Å². The summed E-state index contributed by atoms with van der Waals surface area (Å²) in [4.78, 5) is 5.25. The van der Waals surface area contributed by atoms with E-state index in [0.717, 1.165) is 24.2 Å². The Kier molecular flexibility index (Phi) is 3.76. The first-order valence-electron chi connectivity index (χ1n) is 7.51. The van der Waals surface area contributed by atoms with E-state index in [2.05, 4.69) is 35.0 Å². The largest absolute Gasteiger partial charge is 0.399 e. The van der Waals surface area contributed by atoms with E-state index in [1.54, 1.807) is 0 Å². The van der Waals surface area contributed by atoms with Crippen molar-refractivity contribution in [2.24, 2.45) is 0 Å². The highest BCUT2D eigenvalue weighted by molar-refractivity contribution is 5.40. The van der Waals surface area contributed by atoms with Crippen LogP contribution in [0.15, 0.2) is 24.3 Å². The molecule has 0 saturated carbocycles. The van der Waals surface area contributed by atoms with E-state index >= 15 is 0 Å². The number of likely N-dealkylation sites (N-methyl/N-ethyl adjacent to an activating group) is 1. The Morgan fingerprint density at radius 3 is 2.89 bits per heavy atom. The summed E-state index contributed by atoms with van der Waals surface area (Å²) >= 11 is 0. The summed E-state index contributed by atoms with van der Waals surface area (Å²) in [6, 6.07) is 9.94. The number of anilines is 1. The van der Waals surface area contributed by atoms with Crippen LogP contribution in [0.4, 0.5) is 5.69 Å². The molecule has 2 heterocycles. The lowest BCUT2D eigenvalue weighted by Gasteiger charge is -2.25. The molecule has 0 radical (unpaired) electrons. The van der Waals surface area contributed by atoms with Crippen LogP contribution >= 0.6 is 0 Å². The van der Waals surface area contributed by atoms with Gasteiger partial charge in [-0.25, -0.2) is 0 Å². The first kappa shape index (κ1) is 12.9. The number of fused-ring (bicyclic) bond motifs is 2. The molecule has 19 heavy (non-hydrogen) atoms. The Balaban J connectivity index is 1.56. The fraction of sp³-hybridized carbons (Fsp3) is 0.625. The Morgan fingerprint density at radius 2 is 2.05 bits per heavy atom. The molecule has 2 unspecified atom stereocenters. The van der Waals surface area contributed by atoms with Gasteiger partial charge in [-0.05, 0) is 57.0 Å². The zero-order valence-electron chi connectivity index (χ0n) is 11.9. The summed E-state index contributed by atoms with van der Waals surface area (Å²) in [5, 5.41) is 0. The second-order valence-electron chi connectivity index (χ2n) is 6.13. The minimum absolute atomic E-state index is 0.786. The van der Waals surface area contributed by atoms with Gasteiger partial charge in [-0.1, -0.05) is 12.1 Å². The van der Waals surface area contributed by atoms with Crippen molar-refractivity contribution in [2.45, 2.75) is 37.8 Å². The molecule has 2 aliphatic heterocycles. The predicted octanol–water partition coefficient (Wildman–Crippen LogP) is 1.98. The van der Waals surface area contributed by atoms with Gasteiger partial charge in [-0.2, -0.15) is 0 Å². The second kappa shape index (κ2) is 5.51. The molecule has 0 spiro atoms. The normalized spacial score (nSPS) is 28.5. The minimum atomic E-state index is 0.786. The Labute approximate surface area is 116 Å². The van der Waals surface area contributed by atoms with Crippen molar-refractivity contribution < 1.29 is 0 Å². The Hall–Kier alpha value is -1.06. The average Bonchev–Trinajstić information content (AvgIpc) is 2.63. The van der Waals surface area contributed by atoms with E-state index in [9.17, 15) is 0 Å². The van der Waals surface area contributed by atoms with Crippen LogP contribution in [0.3, 0.4) is 0 Å². The maximum atomic E-state index is 5.84. The molecule has 0 aromatic heterocycles. The quantitative estimate of drug-likeness (QED) is 0.843. The van der Waals surface area contributed by atoms with Crippen LogP contribution in [0.2, 0.25) is 0 Å². The number of likely N-dealkylation sites (tertiary alicyclic amines) is 1. The SMILES string of the molecule is CN1C2CCC1CN(CCc1cccc(N)c1)CC2. The number of nitrogens with zero attached hydrogens (tertiary/aromatic N) is 2. The molecule has 104 valence electrons. The van der Waals surface area contributed by atoms with Gasteiger partial charge >= 0.3 is 0 Å². The number of nitrogens with two attached hydrogens (primary N) is 1. The topological polar surface area (TPSA) is 32.5 Å². The van der Waals surface area contributed by atoms with Gasteiger partial charge in [0, 0.05) is 30.9 Å². The predicted molar refractivity (Wildman–Crippen MR) is 80.2 cm³/mol. The summed E-state index contributed by atoms with van der Waals surface area (Å²) in [7, 11) is 2.31. The Bertz CT molecular complexity index is 432. The summed E-state index contributed by atoms with van der Waals surface area (Å²) < 4.78 is 0. The lowest BCUT2D eigenvalue weighted by Crippen LogP contribution is -2.37. The van der Waals surface area contributed by atoms with E-state index in [0.29, 0.717) is 0 Å². The molecule has 1 aromatic carbocycles. The summed E-state index contributed by atoms with van der Waals surface area (Å²) in [5.41, 5.74) is 8.08. The fourth-order valence-corrected chi connectivity index (χ4v) is 3.62. The highest BCUT2D eigenvalue weighted by Crippen LogP contribution is 2.28. The van der Waals surface area contributed by atoms with E-state index in [4.69, 9.17) is 5.73 Å². The number of hydrogen-bond acceptors (Lipinski definition) is 3. The van der Waals surface area contributed by atoms with Gasteiger partial charge in [0.1, 0.15) is 0 Å². The van der Waals surface area contributed by atoms with E-state index < -0.39 is 0 Å². The molecule has 0 aliphatic carbocycles. The lowest BCUT2D eigenvalue weighted by molar-refractivity contribution is 0.220. The highest BCUT2D eigenvalue weighted by Gasteiger charge is 2.34. The number of rotatable bonds is 3. The molecule has 0 amide bonds.